The second-order valence-electron chi connectivity index (χ2n) is 5.88. The van der Waals surface area contributed by atoms with Crippen molar-refractivity contribution < 1.29 is 0 Å². The van der Waals surface area contributed by atoms with E-state index in [0.717, 1.165) is 30.9 Å². The minimum absolute atomic E-state index is 0.0767. The molecule has 3 nitrogen and oxygen atoms in total. The minimum atomic E-state index is 0.0767. The van der Waals surface area contributed by atoms with E-state index in [1.807, 2.05) is 24.3 Å². The van der Waals surface area contributed by atoms with E-state index >= 15 is 0 Å². The lowest BCUT2D eigenvalue weighted by Crippen LogP contribution is -2.46. The normalized spacial score (nSPS) is 23.2. The van der Waals surface area contributed by atoms with Crippen LogP contribution in [0.25, 0.3) is 0 Å². The van der Waals surface area contributed by atoms with Crippen LogP contribution in [-0.2, 0) is 0 Å². The molecule has 96 valence electrons. The Balaban J connectivity index is 2.33. The van der Waals surface area contributed by atoms with Gasteiger partial charge in [-0.2, -0.15) is 5.26 Å². The van der Waals surface area contributed by atoms with Crippen LogP contribution in [0.5, 0.6) is 0 Å². The monoisotopic (exact) mass is 243 g/mol. The highest BCUT2D eigenvalue weighted by molar-refractivity contribution is 5.59. The first-order chi connectivity index (χ1) is 8.52. The number of hydrogen-bond acceptors (Lipinski definition) is 3. The number of benzene rings is 1. The number of rotatable bonds is 1. The maximum atomic E-state index is 9.22. The summed E-state index contributed by atoms with van der Waals surface area (Å²) in [5.74, 6) is 0.582. The van der Waals surface area contributed by atoms with Gasteiger partial charge < -0.3 is 10.2 Å². The quantitative estimate of drug-likeness (QED) is 0.823. The molecule has 0 radical (unpaired) electrons. The molecule has 1 aliphatic rings. The second kappa shape index (κ2) is 4.99. The summed E-state index contributed by atoms with van der Waals surface area (Å²) in [7, 11) is 0. The number of nitrogens with zero attached hydrogens (tertiary/aromatic N) is 2. The van der Waals surface area contributed by atoms with Gasteiger partial charge in [-0.15, -0.1) is 0 Å². The third-order valence-electron chi connectivity index (χ3n) is 3.41. The number of hydrogen-bond donors (Lipinski definition) is 1. The van der Waals surface area contributed by atoms with E-state index in [1.165, 1.54) is 0 Å². The second-order valence-corrected chi connectivity index (χ2v) is 5.88. The molecule has 1 saturated heterocycles. The Kier molecular flexibility index (Phi) is 3.58. The van der Waals surface area contributed by atoms with Crippen molar-refractivity contribution >= 4 is 5.69 Å². The van der Waals surface area contributed by atoms with Crippen LogP contribution in [0, 0.1) is 17.2 Å². The summed E-state index contributed by atoms with van der Waals surface area (Å²) in [6.07, 6.45) is 0. The molecule has 18 heavy (non-hydrogen) atoms. The van der Waals surface area contributed by atoms with Gasteiger partial charge in [0, 0.05) is 18.6 Å². The molecule has 2 rings (SSSR count). The first-order valence-electron chi connectivity index (χ1n) is 6.51. The molecule has 1 heterocycles. The highest BCUT2D eigenvalue weighted by Crippen LogP contribution is 2.24. The van der Waals surface area contributed by atoms with Gasteiger partial charge in [-0.05, 0) is 38.4 Å². The molecule has 0 bridgehead atoms. The summed E-state index contributed by atoms with van der Waals surface area (Å²) in [6, 6.07) is 10.2. The molecule has 1 atom stereocenters. The van der Waals surface area contributed by atoms with Crippen molar-refractivity contribution in [3.63, 3.8) is 0 Å². The average molecular weight is 243 g/mol. The summed E-state index contributed by atoms with van der Waals surface area (Å²) in [6.45, 7) is 9.62. The van der Waals surface area contributed by atoms with Gasteiger partial charge in [-0.3, -0.25) is 0 Å². The summed E-state index contributed by atoms with van der Waals surface area (Å²) in [5, 5.41) is 12.8. The fraction of sp³-hybridized carbons (Fsp3) is 0.533. The molecule has 0 aromatic heterocycles. The predicted octanol–water partition coefficient (Wildman–Crippen LogP) is 2.38. The maximum absolute atomic E-state index is 9.22. The smallest absolute Gasteiger partial charge is 0.101 e. The Morgan fingerprint density at radius 2 is 2.11 bits per heavy atom. The van der Waals surface area contributed by atoms with Crippen molar-refractivity contribution in [2.75, 3.05) is 24.5 Å². The van der Waals surface area contributed by atoms with E-state index < -0.39 is 0 Å². The third kappa shape index (κ3) is 2.83. The third-order valence-corrected chi connectivity index (χ3v) is 3.41. The van der Waals surface area contributed by atoms with Crippen molar-refractivity contribution in [1.29, 1.82) is 5.26 Å². The van der Waals surface area contributed by atoms with Gasteiger partial charge in [-0.25, -0.2) is 0 Å². The molecule has 0 aliphatic carbocycles. The molecule has 1 fully saturated rings. The van der Waals surface area contributed by atoms with Crippen LogP contribution >= 0.6 is 0 Å². The molecular weight excluding hydrogens is 222 g/mol. The van der Waals surface area contributed by atoms with Crippen LogP contribution in [0.1, 0.15) is 26.3 Å². The van der Waals surface area contributed by atoms with Crippen LogP contribution in [0.4, 0.5) is 5.69 Å². The Morgan fingerprint density at radius 3 is 2.83 bits per heavy atom. The Labute approximate surface area is 109 Å². The van der Waals surface area contributed by atoms with Gasteiger partial charge in [0.2, 0.25) is 0 Å². The van der Waals surface area contributed by atoms with Crippen molar-refractivity contribution in [3.8, 4) is 6.07 Å². The molecule has 3 heteroatoms. The van der Waals surface area contributed by atoms with Gasteiger partial charge in [0.25, 0.3) is 0 Å². The van der Waals surface area contributed by atoms with Crippen molar-refractivity contribution in [1.82, 2.24) is 5.32 Å². The number of para-hydroxylation sites is 1. The van der Waals surface area contributed by atoms with E-state index in [-0.39, 0.29) is 5.54 Å². The van der Waals surface area contributed by atoms with Crippen LogP contribution in [0.2, 0.25) is 0 Å². The number of nitrogens with one attached hydrogen (secondary N) is 1. The lowest BCUT2D eigenvalue weighted by Gasteiger charge is -2.32. The first-order valence-corrected chi connectivity index (χ1v) is 6.51. The van der Waals surface area contributed by atoms with E-state index in [0.29, 0.717) is 5.92 Å². The summed E-state index contributed by atoms with van der Waals surface area (Å²) >= 11 is 0. The fourth-order valence-corrected chi connectivity index (χ4v) is 2.52. The van der Waals surface area contributed by atoms with Crippen molar-refractivity contribution in [3.05, 3.63) is 29.8 Å². The lowest BCUT2D eigenvalue weighted by atomic mass is 10.0. The van der Waals surface area contributed by atoms with Crippen LogP contribution in [-0.4, -0.2) is 25.2 Å². The predicted molar refractivity (Wildman–Crippen MR) is 74.6 cm³/mol. The fourth-order valence-electron chi connectivity index (χ4n) is 2.52. The van der Waals surface area contributed by atoms with Crippen molar-refractivity contribution in [2.24, 2.45) is 5.92 Å². The van der Waals surface area contributed by atoms with Gasteiger partial charge in [0.1, 0.15) is 6.07 Å². The number of anilines is 1. The van der Waals surface area contributed by atoms with Crippen molar-refractivity contribution in [2.45, 2.75) is 26.3 Å². The van der Waals surface area contributed by atoms with Gasteiger partial charge >= 0.3 is 0 Å². The Bertz CT molecular complexity index is 459. The summed E-state index contributed by atoms with van der Waals surface area (Å²) < 4.78 is 0. The maximum Gasteiger partial charge on any atom is 0.101 e. The summed E-state index contributed by atoms with van der Waals surface area (Å²) in [4.78, 5) is 2.34. The van der Waals surface area contributed by atoms with E-state index in [1.54, 1.807) is 0 Å². The molecule has 1 aliphatic heterocycles. The van der Waals surface area contributed by atoms with Gasteiger partial charge in [-0.1, -0.05) is 19.1 Å². The minimum Gasteiger partial charge on any atom is -0.368 e. The largest absolute Gasteiger partial charge is 0.368 e. The molecule has 1 N–H and O–H groups in total. The van der Waals surface area contributed by atoms with E-state index in [4.69, 9.17) is 0 Å². The topological polar surface area (TPSA) is 39.1 Å². The standard InChI is InChI=1S/C15H21N3/c1-12-9-17-15(2,3)11-18(10-12)14-7-5-4-6-13(14)8-16/h4-7,12,17H,9-11H2,1-3H3. The van der Waals surface area contributed by atoms with Crippen LogP contribution in [0.3, 0.4) is 0 Å². The zero-order chi connectivity index (χ0) is 13.2. The molecule has 0 spiro atoms. The lowest BCUT2D eigenvalue weighted by molar-refractivity contribution is 0.402. The van der Waals surface area contributed by atoms with Crippen LogP contribution < -0.4 is 10.2 Å². The zero-order valence-corrected chi connectivity index (χ0v) is 11.4. The first kappa shape index (κ1) is 12.9. The van der Waals surface area contributed by atoms with Gasteiger partial charge in [0.05, 0.1) is 11.3 Å². The highest BCUT2D eigenvalue weighted by atomic mass is 15.2. The van der Waals surface area contributed by atoms with E-state index in [9.17, 15) is 5.26 Å². The zero-order valence-electron chi connectivity index (χ0n) is 11.4. The van der Waals surface area contributed by atoms with Crippen LogP contribution in [0.15, 0.2) is 24.3 Å². The molecular formula is C15H21N3. The molecule has 1 aromatic rings. The highest BCUT2D eigenvalue weighted by Gasteiger charge is 2.27. The summed E-state index contributed by atoms with van der Waals surface area (Å²) in [5.41, 5.74) is 1.90. The molecule has 0 amide bonds. The average Bonchev–Trinajstić information content (AvgIpc) is 2.48. The molecule has 1 unspecified atom stereocenters. The van der Waals surface area contributed by atoms with E-state index in [2.05, 4.69) is 37.1 Å². The van der Waals surface area contributed by atoms with Gasteiger partial charge in [0.15, 0.2) is 0 Å². The Hall–Kier alpha value is -1.53. The number of nitriles is 1. The molecule has 1 aromatic carbocycles. The Morgan fingerprint density at radius 1 is 1.39 bits per heavy atom. The SMILES string of the molecule is CC1CNC(C)(C)CN(c2ccccc2C#N)C1. The molecule has 0 saturated carbocycles.